The monoisotopic (exact) mass is 471 g/mol. The molecular weight excluding hydrogens is 449 g/mol. The van der Waals surface area contributed by atoms with E-state index in [2.05, 4.69) is 4.99 Å². The lowest BCUT2D eigenvalue weighted by atomic mass is 10.1. The van der Waals surface area contributed by atoms with Crippen molar-refractivity contribution >= 4 is 28.5 Å². The van der Waals surface area contributed by atoms with Crippen LogP contribution in [0.25, 0.3) is 11.3 Å². The van der Waals surface area contributed by atoms with Gasteiger partial charge in [0, 0.05) is 5.22 Å². The van der Waals surface area contributed by atoms with Gasteiger partial charge in [-0.05, 0) is 68.1 Å². The summed E-state index contributed by atoms with van der Waals surface area (Å²) in [6, 6.07) is 15.8. The molecule has 0 aliphatic carbocycles. The molecule has 1 N–H and O–H groups in total. The van der Waals surface area contributed by atoms with Gasteiger partial charge in [-0.2, -0.15) is 0 Å². The van der Waals surface area contributed by atoms with E-state index in [9.17, 15) is 14.3 Å². The van der Waals surface area contributed by atoms with E-state index in [0.717, 1.165) is 33.6 Å². The Morgan fingerprint density at radius 2 is 1.56 bits per heavy atom. The van der Waals surface area contributed by atoms with E-state index in [1.54, 1.807) is 4.57 Å². The average molecular weight is 472 g/mol. The molecule has 4 aromatic rings. The predicted octanol–water partition coefficient (Wildman–Crippen LogP) is 4.21. The Labute approximate surface area is 199 Å². The molecule has 3 aromatic carbocycles. The van der Waals surface area contributed by atoms with E-state index in [0.29, 0.717) is 20.3 Å². The second-order valence-corrected chi connectivity index (χ2v) is 9.40. The minimum atomic E-state index is -0.510. The normalized spacial score (nSPS) is 13.4. The van der Waals surface area contributed by atoms with E-state index in [-0.39, 0.29) is 11.5 Å². The molecular formula is C27H22FN3O2S. The molecule has 5 rings (SSSR count). The number of amides is 1. The van der Waals surface area contributed by atoms with Crippen LogP contribution >= 0.6 is 11.3 Å². The Morgan fingerprint density at radius 3 is 2.21 bits per heavy atom. The number of para-hydroxylation sites is 2. The number of aryl methyl sites for hydroxylation is 4. The maximum atomic E-state index is 14.1. The highest BCUT2D eigenvalue weighted by molar-refractivity contribution is 7.11. The molecule has 0 bridgehead atoms. The minimum absolute atomic E-state index is 0.122. The van der Waals surface area contributed by atoms with Gasteiger partial charge in [0.05, 0.1) is 22.3 Å². The lowest BCUT2D eigenvalue weighted by Crippen LogP contribution is -2.23. The van der Waals surface area contributed by atoms with Crippen LogP contribution in [0.15, 0.2) is 64.6 Å². The van der Waals surface area contributed by atoms with Crippen molar-refractivity contribution in [2.45, 2.75) is 27.7 Å². The average Bonchev–Trinajstić information content (AvgIpc) is 3.26. The van der Waals surface area contributed by atoms with Crippen LogP contribution in [0.2, 0.25) is 0 Å². The zero-order chi connectivity index (χ0) is 24.1. The molecule has 7 heteroatoms. The van der Waals surface area contributed by atoms with Gasteiger partial charge in [0.25, 0.3) is 5.91 Å². The summed E-state index contributed by atoms with van der Waals surface area (Å²) in [4.78, 5) is 22.7. The maximum absolute atomic E-state index is 14.1. The summed E-state index contributed by atoms with van der Waals surface area (Å²) in [5, 5.41) is 12.3. The van der Waals surface area contributed by atoms with Crippen molar-refractivity contribution in [1.29, 1.82) is 0 Å². The van der Waals surface area contributed by atoms with Gasteiger partial charge in [0.15, 0.2) is 4.80 Å². The van der Waals surface area contributed by atoms with Crippen LogP contribution < -0.4 is 15.4 Å². The second kappa shape index (κ2) is 8.18. The number of fused-ring (bicyclic) bond motifs is 1. The summed E-state index contributed by atoms with van der Waals surface area (Å²) < 4.78 is 15.7. The van der Waals surface area contributed by atoms with Crippen molar-refractivity contribution in [3.05, 3.63) is 103 Å². The molecule has 0 atom stereocenters. The van der Waals surface area contributed by atoms with Gasteiger partial charge >= 0.3 is 0 Å². The first-order valence-electron chi connectivity index (χ1n) is 10.8. The fourth-order valence-electron chi connectivity index (χ4n) is 4.35. The zero-order valence-electron chi connectivity index (χ0n) is 19.2. The number of halogens is 1. The van der Waals surface area contributed by atoms with Crippen molar-refractivity contribution in [3.8, 4) is 11.6 Å². The third kappa shape index (κ3) is 3.49. The van der Waals surface area contributed by atoms with Crippen molar-refractivity contribution < 1.29 is 14.3 Å². The molecule has 0 unspecified atom stereocenters. The van der Waals surface area contributed by atoms with E-state index in [1.165, 1.54) is 29.5 Å². The molecule has 0 saturated heterocycles. The van der Waals surface area contributed by atoms with Crippen LogP contribution in [0.3, 0.4) is 0 Å². The summed E-state index contributed by atoms with van der Waals surface area (Å²) in [5.41, 5.74) is 5.65. The number of carbonyl (C=O) groups is 1. The van der Waals surface area contributed by atoms with Crippen LogP contribution in [0.5, 0.6) is 5.88 Å². The highest BCUT2D eigenvalue weighted by Gasteiger charge is 2.27. The molecule has 0 radical (unpaired) electrons. The van der Waals surface area contributed by atoms with E-state index >= 15 is 0 Å². The van der Waals surface area contributed by atoms with Gasteiger partial charge in [-0.25, -0.2) is 14.4 Å². The van der Waals surface area contributed by atoms with Crippen molar-refractivity contribution in [2.75, 3.05) is 0 Å². The topological polar surface area (TPSA) is 66.9 Å². The lowest BCUT2D eigenvalue weighted by Gasteiger charge is -2.13. The number of thiazole rings is 1. The summed E-state index contributed by atoms with van der Waals surface area (Å²) in [6.45, 7) is 7.89. The van der Waals surface area contributed by atoms with Crippen molar-refractivity contribution in [3.63, 3.8) is 0 Å². The number of rotatable bonds is 3. The number of nitrogens with zero attached hydrogens (tertiary/aromatic N) is 3. The molecule has 0 saturated carbocycles. The predicted molar refractivity (Wildman–Crippen MR) is 131 cm³/mol. The van der Waals surface area contributed by atoms with Gasteiger partial charge in [0.1, 0.15) is 10.7 Å². The largest absolute Gasteiger partial charge is 0.493 e. The molecule has 5 nitrogen and oxygen atoms in total. The van der Waals surface area contributed by atoms with E-state index in [1.807, 2.05) is 64.1 Å². The Bertz CT molecular complexity index is 1660. The molecule has 170 valence electrons. The van der Waals surface area contributed by atoms with Gasteiger partial charge in [-0.15, -0.1) is 0 Å². The fraction of sp³-hybridized carbons (Fsp3) is 0.148. The Hall–Kier alpha value is -3.84. The fourth-order valence-corrected chi connectivity index (χ4v) is 5.42. The first-order chi connectivity index (χ1) is 16.3. The zero-order valence-corrected chi connectivity index (χ0v) is 20.0. The van der Waals surface area contributed by atoms with Gasteiger partial charge in [-0.3, -0.25) is 9.36 Å². The van der Waals surface area contributed by atoms with Crippen molar-refractivity contribution in [1.82, 2.24) is 4.57 Å². The standard InChI is InChI=1S/C27H22FN3O2S/c1-14-7-5-8-15(2)22(14)30-27-31(23-16(3)9-6-10-17(23)4)26(33)24(34-27)21-19-13-18(28)11-12-20(19)29-25(21)32/h5-13,33H,1-4H3. The highest BCUT2D eigenvalue weighted by atomic mass is 32.1. The van der Waals surface area contributed by atoms with Gasteiger partial charge < -0.3 is 5.11 Å². The van der Waals surface area contributed by atoms with Crippen LogP contribution in [0.4, 0.5) is 10.1 Å². The summed E-state index contributed by atoms with van der Waals surface area (Å²) in [7, 11) is 0. The third-order valence-electron chi connectivity index (χ3n) is 6.00. The van der Waals surface area contributed by atoms with Gasteiger partial charge in [0.2, 0.25) is 5.88 Å². The Morgan fingerprint density at radius 1 is 0.941 bits per heavy atom. The first-order valence-corrected chi connectivity index (χ1v) is 11.6. The second-order valence-electron chi connectivity index (χ2n) is 8.42. The number of hydrogen-bond donors (Lipinski definition) is 1. The van der Waals surface area contributed by atoms with Gasteiger partial charge in [-0.1, -0.05) is 47.7 Å². The van der Waals surface area contributed by atoms with Crippen LogP contribution in [0.1, 0.15) is 27.1 Å². The molecule has 1 amide bonds. The molecule has 1 aliphatic rings. The number of hydrogen-bond acceptors (Lipinski definition) is 4. The Kier molecular flexibility index (Phi) is 5.29. The quantitative estimate of drug-likeness (QED) is 0.487. The van der Waals surface area contributed by atoms with Crippen molar-refractivity contribution in [2.24, 2.45) is 9.98 Å². The molecule has 2 heterocycles. The molecule has 34 heavy (non-hydrogen) atoms. The van der Waals surface area contributed by atoms with E-state index < -0.39 is 11.7 Å². The lowest BCUT2D eigenvalue weighted by molar-refractivity contribution is -0.112. The van der Waals surface area contributed by atoms with Crippen LogP contribution in [-0.4, -0.2) is 15.6 Å². The minimum Gasteiger partial charge on any atom is -0.493 e. The number of aromatic nitrogens is 1. The van der Waals surface area contributed by atoms with E-state index in [4.69, 9.17) is 4.99 Å². The molecule has 0 spiro atoms. The summed E-state index contributed by atoms with van der Waals surface area (Å²) in [6.07, 6.45) is 0. The summed E-state index contributed by atoms with van der Waals surface area (Å²) in [5.74, 6) is -1.10. The third-order valence-corrected chi connectivity index (χ3v) is 7.05. The Balaban J connectivity index is 1.92. The first kappa shape index (κ1) is 22.0. The number of carbonyl (C=O) groups excluding carboxylic acids is 1. The highest BCUT2D eigenvalue weighted by Crippen LogP contribution is 2.33. The number of aromatic hydroxyl groups is 1. The number of benzene rings is 3. The van der Waals surface area contributed by atoms with Crippen LogP contribution in [-0.2, 0) is 4.79 Å². The smallest absolute Gasteiger partial charge is 0.279 e. The molecule has 1 aromatic heterocycles. The summed E-state index contributed by atoms with van der Waals surface area (Å²) >= 11 is 1.19. The van der Waals surface area contributed by atoms with Crippen LogP contribution in [0, 0.1) is 33.5 Å². The maximum Gasteiger partial charge on any atom is 0.279 e. The molecule has 1 aliphatic heterocycles. The molecule has 0 fully saturated rings. The SMILES string of the molecule is Cc1cccc(C)c1N=c1sc(C2=c3cc(F)ccc3=NC2=O)c(O)n1-c1c(C)cccc1C.